The van der Waals surface area contributed by atoms with E-state index in [4.69, 9.17) is 4.42 Å². The molecule has 0 atom stereocenters. The standard InChI is InChI=1S/C19H13N3O6/c23-19(20-13-4-3-5-14(12-13)21(24)25)11-9-15-8-10-18(28-15)16-6-1-2-7-17(16)22(26)27/h1-12H,(H,20,23). The van der Waals surface area contributed by atoms with Gasteiger partial charge in [0.25, 0.3) is 11.4 Å². The highest BCUT2D eigenvalue weighted by Crippen LogP contribution is 2.31. The van der Waals surface area contributed by atoms with Crippen molar-refractivity contribution in [2.24, 2.45) is 0 Å². The van der Waals surface area contributed by atoms with Crippen LogP contribution in [0.5, 0.6) is 0 Å². The van der Waals surface area contributed by atoms with Crippen LogP contribution in [0.1, 0.15) is 5.76 Å². The molecule has 0 bridgehead atoms. The first kappa shape index (κ1) is 18.5. The number of non-ortho nitro benzene ring substituents is 1. The molecule has 0 spiro atoms. The number of furan rings is 1. The number of hydrogen-bond donors (Lipinski definition) is 1. The van der Waals surface area contributed by atoms with Gasteiger partial charge >= 0.3 is 0 Å². The van der Waals surface area contributed by atoms with Crippen LogP contribution in [0.4, 0.5) is 17.1 Å². The lowest BCUT2D eigenvalue weighted by atomic mass is 10.1. The van der Waals surface area contributed by atoms with Crippen LogP contribution in [-0.2, 0) is 4.79 Å². The molecule has 3 aromatic rings. The van der Waals surface area contributed by atoms with Crippen molar-refractivity contribution >= 4 is 29.0 Å². The number of amides is 1. The molecule has 0 saturated carbocycles. The maximum atomic E-state index is 12.0. The number of anilines is 1. The number of nitro groups is 2. The van der Waals surface area contributed by atoms with Crippen molar-refractivity contribution < 1.29 is 19.1 Å². The fourth-order valence-electron chi connectivity index (χ4n) is 2.47. The lowest BCUT2D eigenvalue weighted by molar-refractivity contribution is -0.384. The van der Waals surface area contributed by atoms with Crippen LogP contribution in [-0.4, -0.2) is 15.8 Å². The van der Waals surface area contributed by atoms with Gasteiger partial charge in [0.2, 0.25) is 5.91 Å². The van der Waals surface area contributed by atoms with Crippen LogP contribution in [0, 0.1) is 20.2 Å². The minimum absolute atomic E-state index is 0.0872. The van der Waals surface area contributed by atoms with Crippen LogP contribution in [0.15, 0.2) is 71.2 Å². The van der Waals surface area contributed by atoms with Crippen LogP contribution in [0.3, 0.4) is 0 Å². The van der Waals surface area contributed by atoms with Crippen molar-refractivity contribution in [3.63, 3.8) is 0 Å². The highest BCUT2D eigenvalue weighted by atomic mass is 16.6. The molecular formula is C19H13N3O6. The lowest BCUT2D eigenvalue weighted by Crippen LogP contribution is -2.07. The zero-order chi connectivity index (χ0) is 20.1. The predicted octanol–water partition coefficient (Wildman–Crippen LogP) is 4.41. The monoisotopic (exact) mass is 379 g/mol. The molecule has 3 rings (SSSR count). The predicted molar refractivity (Wildman–Crippen MR) is 102 cm³/mol. The van der Waals surface area contributed by atoms with Crippen LogP contribution >= 0.6 is 0 Å². The minimum atomic E-state index is -0.557. The summed E-state index contributed by atoms with van der Waals surface area (Å²) >= 11 is 0. The largest absolute Gasteiger partial charge is 0.456 e. The van der Waals surface area contributed by atoms with Gasteiger partial charge in [-0.15, -0.1) is 0 Å². The number of nitrogens with zero attached hydrogens (tertiary/aromatic N) is 2. The van der Waals surface area contributed by atoms with Gasteiger partial charge in [-0.1, -0.05) is 18.2 Å². The number of benzene rings is 2. The molecule has 1 aromatic heterocycles. The number of carbonyl (C=O) groups excluding carboxylic acids is 1. The van der Waals surface area contributed by atoms with E-state index in [0.29, 0.717) is 17.1 Å². The summed E-state index contributed by atoms with van der Waals surface area (Å²) in [6.45, 7) is 0. The van der Waals surface area contributed by atoms with Gasteiger partial charge in [-0.05, 0) is 30.3 Å². The van der Waals surface area contributed by atoms with Gasteiger partial charge in [-0.2, -0.15) is 0 Å². The molecular weight excluding hydrogens is 366 g/mol. The molecule has 0 aliphatic rings. The number of nitro benzene ring substituents is 2. The average Bonchev–Trinajstić information content (AvgIpc) is 3.15. The summed E-state index contributed by atoms with van der Waals surface area (Å²) in [5, 5.41) is 24.4. The second-order valence-corrected chi connectivity index (χ2v) is 5.61. The molecule has 0 aliphatic heterocycles. The third-order valence-electron chi connectivity index (χ3n) is 3.72. The Bertz CT molecular complexity index is 1090. The van der Waals surface area contributed by atoms with Crippen molar-refractivity contribution in [3.05, 3.63) is 92.7 Å². The fourth-order valence-corrected chi connectivity index (χ4v) is 2.47. The molecule has 1 amide bonds. The molecule has 1 N–H and O–H groups in total. The topological polar surface area (TPSA) is 129 Å². The second-order valence-electron chi connectivity index (χ2n) is 5.61. The zero-order valence-corrected chi connectivity index (χ0v) is 14.3. The molecule has 0 aliphatic carbocycles. The maximum Gasteiger partial charge on any atom is 0.280 e. The molecule has 0 fully saturated rings. The van der Waals surface area contributed by atoms with Gasteiger partial charge in [0.05, 0.1) is 15.4 Å². The Hall–Kier alpha value is -4.27. The van der Waals surface area contributed by atoms with E-state index in [2.05, 4.69) is 5.32 Å². The molecule has 0 radical (unpaired) electrons. The summed E-state index contributed by atoms with van der Waals surface area (Å²) in [6, 6.07) is 14.9. The van der Waals surface area contributed by atoms with Crippen molar-refractivity contribution in [1.29, 1.82) is 0 Å². The fraction of sp³-hybridized carbons (Fsp3) is 0. The van der Waals surface area contributed by atoms with E-state index in [-0.39, 0.29) is 17.1 Å². The van der Waals surface area contributed by atoms with E-state index in [1.54, 1.807) is 30.3 Å². The third-order valence-corrected chi connectivity index (χ3v) is 3.72. The summed E-state index contributed by atoms with van der Waals surface area (Å²) in [4.78, 5) is 32.8. The first-order valence-electron chi connectivity index (χ1n) is 8.01. The Kier molecular flexibility index (Phi) is 5.26. The lowest BCUT2D eigenvalue weighted by Gasteiger charge is -2.01. The molecule has 9 heteroatoms. The summed E-state index contributed by atoms with van der Waals surface area (Å²) in [7, 11) is 0. The molecule has 9 nitrogen and oxygen atoms in total. The number of hydrogen-bond acceptors (Lipinski definition) is 6. The van der Waals surface area contributed by atoms with Gasteiger partial charge < -0.3 is 9.73 Å². The van der Waals surface area contributed by atoms with Gasteiger partial charge in [-0.3, -0.25) is 25.0 Å². The van der Waals surface area contributed by atoms with E-state index in [1.807, 2.05) is 0 Å². The Morgan fingerprint density at radius 3 is 2.50 bits per heavy atom. The molecule has 28 heavy (non-hydrogen) atoms. The van der Waals surface area contributed by atoms with Gasteiger partial charge in [0.15, 0.2) is 0 Å². The van der Waals surface area contributed by atoms with Crippen molar-refractivity contribution in [2.75, 3.05) is 5.32 Å². The van der Waals surface area contributed by atoms with Gasteiger partial charge in [-0.25, -0.2) is 0 Å². The summed E-state index contributed by atoms with van der Waals surface area (Å²) in [5.41, 5.74) is 0.384. The normalized spacial score (nSPS) is 10.7. The maximum absolute atomic E-state index is 12.0. The number of nitrogens with one attached hydrogen (secondary N) is 1. The van der Waals surface area contributed by atoms with E-state index < -0.39 is 15.8 Å². The Balaban J connectivity index is 1.72. The number of rotatable bonds is 6. The molecule has 0 saturated heterocycles. The van der Waals surface area contributed by atoms with Crippen LogP contribution in [0.2, 0.25) is 0 Å². The van der Waals surface area contributed by atoms with Crippen molar-refractivity contribution in [2.45, 2.75) is 0 Å². The Morgan fingerprint density at radius 1 is 0.964 bits per heavy atom. The first-order valence-corrected chi connectivity index (χ1v) is 8.01. The Morgan fingerprint density at radius 2 is 1.75 bits per heavy atom. The molecule has 1 heterocycles. The van der Waals surface area contributed by atoms with E-state index in [9.17, 15) is 25.0 Å². The Labute approximate surface area is 158 Å². The minimum Gasteiger partial charge on any atom is -0.456 e. The zero-order valence-electron chi connectivity index (χ0n) is 14.3. The summed E-state index contributed by atoms with van der Waals surface area (Å²) < 4.78 is 5.55. The van der Waals surface area contributed by atoms with Crippen LogP contribution in [0.25, 0.3) is 17.4 Å². The molecule has 2 aromatic carbocycles. The average molecular weight is 379 g/mol. The second kappa shape index (κ2) is 7.96. The number of carbonyl (C=O) groups is 1. The van der Waals surface area contributed by atoms with Crippen LogP contribution < -0.4 is 5.32 Å². The SMILES string of the molecule is O=C(C=Cc1ccc(-c2ccccc2[N+](=O)[O-])o1)Nc1cccc([N+](=O)[O-])c1. The molecule has 0 unspecified atom stereocenters. The van der Waals surface area contributed by atoms with E-state index >= 15 is 0 Å². The highest BCUT2D eigenvalue weighted by molar-refractivity contribution is 6.01. The summed E-state index contributed by atoms with van der Waals surface area (Å²) in [5.74, 6) is 0.109. The van der Waals surface area contributed by atoms with E-state index in [1.165, 1.54) is 42.5 Å². The molecule has 140 valence electrons. The highest BCUT2D eigenvalue weighted by Gasteiger charge is 2.16. The smallest absolute Gasteiger partial charge is 0.280 e. The van der Waals surface area contributed by atoms with Gasteiger partial charge in [0, 0.05) is 30.0 Å². The van der Waals surface area contributed by atoms with Crippen molar-refractivity contribution in [3.8, 4) is 11.3 Å². The first-order chi connectivity index (χ1) is 13.4. The van der Waals surface area contributed by atoms with Crippen molar-refractivity contribution in [1.82, 2.24) is 0 Å². The third kappa shape index (κ3) is 4.28. The van der Waals surface area contributed by atoms with E-state index in [0.717, 1.165) is 0 Å². The summed E-state index contributed by atoms with van der Waals surface area (Å²) in [6.07, 6.45) is 2.59. The number of para-hydroxylation sites is 1. The van der Waals surface area contributed by atoms with Gasteiger partial charge in [0.1, 0.15) is 11.5 Å². The quantitative estimate of drug-likeness (QED) is 0.383.